The molecule has 0 amide bonds. The molecule has 5 heteroatoms. The van der Waals surface area contributed by atoms with E-state index in [0.29, 0.717) is 12.4 Å². The monoisotopic (exact) mass is 276 g/mol. The molecule has 0 aliphatic carbocycles. The van der Waals surface area contributed by atoms with Crippen molar-refractivity contribution in [1.82, 2.24) is 9.88 Å². The van der Waals surface area contributed by atoms with E-state index in [1.165, 1.54) is 12.1 Å². The summed E-state index contributed by atoms with van der Waals surface area (Å²) in [6.07, 6.45) is 3.76. The van der Waals surface area contributed by atoms with Crippen molar-refractivity contribution in [2.75, 3.05) is 13.2 Å². The molecule has 0 saturated carbocycles. The van der Waals surface area contributed by atoms with Gasteiger partial charge in [0.05, 0.1) is 12.3 Å². The normalized spacial score (nSPS) is 19.6. The quantitative estimate of drug-likeness (QED) is 0.932. The fourth-order valence-electron chi connectivity index (χ4n) is 2.62. The highest BCUT2D eigenvalue weighted by atomic mass is 19.1. The highest BCUT2D eigenvalue weighted by Crippen LogP contribution is 2.22. The van der Waals surface area contributed by atoms with Crippen LogP contribution in [0.25, 0.3) is 11.5 Å². The van der Waals surface area contributed by atoms with Crippen LogP contribution in [0.15, 0.2) is 34.9 Å². The van der Waals surface area contributed by atoms with E-state index >= 15 is 0 Å². The minimum Gasteiger partial charge on any atom is -0.444 e. The van der Waals surface area contributed by atoms with Crippen molar-refractivity contribution in [3.8, 4) is 11.5 Å². The summed E-state index contributed by atoms with van der Waals surface area (Å²) in [5, 5.41) is 9.30. The number of benzene rings is 1. The lowest BCUT2D eigenvalue weighted by atomic mass is 10.2. The van der Waals surface area contributed by atoms with Crippen LogP contribution >= 0.6 is 0 Å². The van der Waals surface area contributed by atoms with Crippen molar-refractivity contribution in [2.45, 2.75) is 25.4 Å². The highest BCUT2D eigenvalue weighted by Gasteiger charge is 2.24. The molecule has 3 rings (SSSR count). The lowest BCUT2D eigenvalue weighted by molar-refractivity contribution is 0.152. The summed E-state index contributed by atoms with van der Waals surface area (Å²) >= 11 is 0. The van der Waals surface area contributed by atoms with Crippen LogP contribution in [-0.2, 0) is 6.54 Å². The first-order chi connectivity index (χ1) is 9.76. The summed E-state index contributed by atoms with van der Waals surface area (Å²) in [7, 11) is 0. The Bertz CT molecular complexity index is 568. The molecule has 2 aromatic rings. The predicted octanol–water partition coefficient (Wildman–Crippen LogP) is 2.44. The summed E-state index contributed by atoms with van der Waals surface area (Å²) in [6.45, 7) is 1.84. The van der Waals surface area contributed by atoms with Crippen LogP contribution in [0.4, 0.5) is 4.39 Å². The van der Waals surface area contributed by atoms with Gasteiger partial charge in [0.15, 0.2) is 0 Å². The van der Waals surface area contributed by atoms with Gasteiger partial charge in [-0.3, -0.25) is 4.90 Å². The standard InChI is InChI=1S/C15H17FN2O2/c16-12-5-3-11(4-6-12)15-17-13(10-20-15)8-18-7-1-2-14(18)9-19/h3-6,10,14,19H,1-2,7-9H2/t14-/m0/s1. The first kappa shape index (κ1) is 13.3. The molecule has 1 saturated heterocycles. The van der Waals surface area contributed by atoms with Gasteiger partial charge in [0.25, 0.3) is 0 Å². The van der Waals surface area contributed by atoms with E-state index in [2.05, 4.69) is 9.88 Å². The number of hydrogen-bond acceptors (Lipinski definition) is 4. The van der Waals surface area contributed by atoms with Gasteiger partial charge in [-0.2, -0.15) is 0 Å². The van der Waals surface area contributed by atoms with Crippen LogP contribution < -0.4 is 0 Å². The number of aliphatic hydroxyl groups excluding tert-OH is 1. The third-order valence-electron chi connectivity index (χ3n) is 3.72. The summed E-state index contributed by atoms with van der Waals surface area (Å²) in [5.74, 6) is 0.225. The summed E-state index contributed by atoms with van der Waals surface area (Å²) < 4.78 is 18.3. The van der Waals surface area contributed by atoms with Crippen LogP contribution in [0.5, 0.6) is 0 Å². The van der Waals surface area contributed by atoms with E-state index in [-0.39, 0.29) is 18.5 Å². The Morgan fingerprint density at radius 2 is 2.15 bits per heavy atom. The van der Waals surface area contributed by atoms with E-state index in [0.717, 1.165) is 30.6 Å². The summed E-state index contributed by atoms with van der Waals surface area (Å²) in [6, 6.07) is 6.30. The smallest absolute Gasteiger partial charge is 0.226 e. The van der Waals surface area contributed by atoms with Gasteiger partial charge in [0.2, 0.25) is 5.89 Å². The van der Waals surface area contributed by atoms with Crippen molar-refractivity contribution < 1.29 is 13.9 Å². The molecule has 1 aliphatic rings. The lowest BCUT2D eigenvalue weighted by Gasteiger charge is -2.20. The van der Waals surface area contributed by atoms with E-state index in [1.807, 2.05) is 0 Å². The number of halogens is 1. The molecule has 0 bridgehead atoms. The SMILES string of the molecule is OC[C@@H]1CCCN1Cc1coc(-c2ccc(F)cc2)n1. The Morgan fingerprint density at radius 1 is 1.35 bits per heavy atom. The van der Waals surface area contributed by atoms with Crippen LogP contribution in [-0.4, -0.2) is 34.2 Å². The largest absolute Gasteiger partial charge is 0.444 e. The van der Waals surface area contributed by atoms with E-state index in [4.69, 9.17) is 4.42 Å². The van der Waals surface area contributed by atoms with Crippen LogP contribution in [0.3, 0.4) is 0 Å². The number of likely N-dealkylation sites (tertiary alicyclic amines) is 1. The maximum atomic E-state index is 12.9. The molecule has 1 aliphatic heterocycles. The van der Waals surface area contributed by atoms with Crippen LogP contribution in [0, 0.1) is 5.82 Å². The average Bonchev–Trinajstić information content (AvgIpc) is 3.09. The number of oxazole rings is 1. The van der Waals surface area contributed by atoms with E-state index < -0.39 is 0 Å². The third kappa shape index (κ3) is 2.73. The number of nitrogens with zero attached hydrogens (tertiary/aromatic N) is 2. The zero-order valence-corrected chi connectivity index (χ0v) is 11.1. The average molecular weight is 276 g/mol. The molecule has 1 aromatic heterocycles. The Kier molecular flexibility index (Phi) is 3.80. The molecule has 106 valence electrons. The molecule has 1 atom stereocenters. The van der Waals surface area contributed by atoms with Gasteiger partial charge in [-0.15, -0.1) is 0 Å². The number of aliphatic hydroxyl groups is 1. The van der Waals surface area contributed by atoms with Gasteiger partial charge in [0.1, 0.15) is 12.1 Å². The van der Waals surface area contributed by atoms with Gasteiger partial charge in [0, 0.05) is 18.2 Å². The first-order valence-electron chi connectivity index (χ1n) is 6.81. The topological polar surface area (TPSA) is 49.5 Å². The van der Waals surface area contributed by atoms with Gasteiger partial charge in [-0.25, -0.2) is 9.37 Å². The second-order valence-electron chi connectivity index (χ2n) is 5.10. The fourth-order valence-corrected chi connectivity index (χ4v) is 2.62. The Morgan fingerprint density at radius 3 is 2.90 bits per heavy atom. The molecular weight excluding hydrogens is 259 g/mol. The zero-order chi connectivity index (χ0) is 13.9. The number of hydrogen-bond donors (Lipinski definition) is 1. The summed E-state index contributed by atoms with van der Waals surface area (Å²) in [4.78, 5) is 6.64. The van der Waals surface area contributed by atoms with Crippen molar-refractivity contribution in [2.24, 2.45) is 0 Å². The van der Waals surface area contributed by atoms with Gasteiger partial charge < -0.3 is 9.52 Å². The Labute approximate surface area is 116 Å². The van der Waals surface area contributed by atoms with Gasteiger partial charge in [-0.05, 0) is 43.7 Å². The van der Waals surface area contributed by atoms with Crippen LogP contribution in [0.2, 0.25) is 0 Å². The molecule has 2 heterocycles. The predicted molar refractivity (Wildman–Crippen MR) is 72.4 cm³/mol. The zero-order valence-electron chi connectivity index (χ0n) is 11.1. The van der Waals surface area contributed by atoms with Crippen molar-refractivity contribution in [3.63, 3.8) is 0 Å². The highest BCUT2D eigenvalue weighted by molar-refractivity contribution is 5.52. The van der Waals surface area contributed by atoms with E-state index in [9.17, 15) is 9.50 Å². The van der Waals surface area contributed by atoms with Crippen molar-refractivity contribution in [3.05, 3.63) is 42.0 Å². The molecular formula is C15H17FN2O2. The third-order valence-corrected chi connectivity index (χ3v) is 3.72. The lowest BCUT2D eigenvalue weighted by Crippen LogP contribution is -2.31. The minimum atomic E-state index is -0.275. The van der Waals surface area contributed by atoms with Crippen molar-refractivity contribution in [1.29, 1.82) is 0 Å². The maximum absolute atomic E-state index is 12.9. The molecule has 0 spiro atoms. The fraction of sp³-hybridized carbons (Fsp3) is 0.400. The minimum absolute atomic E-state index is 0.183. The molecule has 1 N–H and O–H groups in total. The second kappa shape index (κ2) is 5.73. The molecule has 4 nitrogen and oxygen atoms in total. The van der Waals surface area contributed by atoms with Gasteiger partial charge >= 0.3 is 0 Å². The number of rotatable bonds is 4. The Hall–Kier alpha value is -1.72. The molecule has 0 unspecified atom stereocenters. The van der Waals surface area contributed by atoms with Crippen molar-refractivity contribution >= 4 is 0 Å². The first-order valence-corrected chi connectivity index (χ1v) is 6.81. The summed E-state index contributed by atoms with van der Waals surface area (Å²) in [5.41, 5.74) is 1.60. The van der Waals surface area contributed by atoms with Gasteiger partial charge in [-0.1, -0.05) is 0 Å². The molecule has 0 radical (unpaired) electrons. The maximum Gasteiger partial charge on any atom is 0.226 e. The number of aromatic nitrogens is 1. The Balaban J connectivity index is 1.72. The molecule has 20 heavy (non-hydrogen) atoms. The molecule has 1 fully saturated rings. The van der Waals surface area contributed by atoms with Crippen LogP contribution in [0.1, 0.15) is 18.5 Å². The van der Waals surface area contributed by atoms with E-state index in [1.54, 1.807) is 18.4 Å². The second-order valence-corrected chi connectivity index (χ2v) is 5.10. The molecule has 1 aromatic carbocycles.